The molecule has 0 amide bonds. The monoisotopic (exact) mass is 279 g/mol. The third kappa shape index (κ3) is 1.93. The van der Waals surface area contributed by atoms with Crippen LogP contribution in [-0.2, 0) is 13.5 Å². The first kappa shape index (κ1) is 12.8. The van der Waals surface area contributed by atoms with E-state index in [4.69, 9.17) is 5.73 Å². The maximum atomic E-state index is 6.16. The van der Waals surface area contributed by atoms with Crippen molar-refractivity contribution in [3.63, 3.8) is 0 Å². The second-order valence-electron chi connectivity index (χ2n) is 5.26. The summed E-state index contributed by atoms with van der Waals surface area (Å²) in [7, 11) is 1.99. The van der Waals surface area contributed by atoms with Gasteiger partial charge in [-0.25, -0.2) is 4.98 Å². The van der Waals surface area contributed by atoms with Gasteiger partial charge in [-0.05, 0) is 31.9 Å². The van der Waals surface area contributed by atoms with Crippen LogP contribution in [0.5, 0.6) is 0 Å². The maximum absolute atomic E-state index is 6.16. The van der Waals surface area contributed by atoms with Crippen molar-refractivity contribution in [2.45, 2.75) is 43.9 Å². The van der Waals surface area contributed by atoms with Crippen molar-refractivity contribution in [3.05, 3.63) is 5.69 Å². The number of aryl methyl sites for hydroxylation is 2. The summed E-state index contributed by atoms with van der Waals surface area (Å²) in [6, 6.07) is 0.475. The van der Waals surface area contributed by atoms with E-state index in [0.717, 1.165) is 28.5 Å². The zero-order valence-corrected chi connectivity index (χ0v) is 12.6. The minimum absolute atomic E-state index is 0.475. The summed E-state index contributed by atoms with van der Waals surface area (Å²) in [6.45, 7) is 2.11. The van der Waals surface area contributed by atoms with E-state index in [0.29, 0.717) is 12.0 Å². The molecule has 2 aromatic heterocycles. The highest BCUT2D eigenvalue weighted by molar-refractivity contribution is 7.99. The van der Waals surface area contributed by atoms with Crippen molar-refractivity contribution in [1.29, 1.82) is 0 Å². The van der Waals surface area contributed by atoms with Crippen LogP contribution in [0.1, 0.15) is 37.9 Å². The Morgan fingerprint density at radius 3 is 2.84 bits per heavy atom. The number of rotatable bonds is 3. The van der Waals surface area contributed by atoms with Gasteiger partial charge in [-0.1, -0.05) is 6.92 Å². The van der Waals surface area contributed by atoms with Crippen LogP contribution in [0.4, 0.5) is 5.95 Å². The second kappa shape index (κ2) is 4.74. The Labute approximate surface area is 117 Å². The van der Waals surface area contributed by atoms with Gasteiger partial charge >= 0.3 is 0 Å². The molecule has 3 rings (SSSR count). The van der Waals surface area contributed by atoms with Crippen LogP contribution in [0.2, 0.25) is 0 Å². The number of nitrogens with two attached hydrogens (primary N) is 1. The number of imidazole rings is 1. The quantitative estimate of drug-likeness (QED) is 0.937. The summed E-state index contributed by atoms with van der Waals surface area (Å²) >= 11 is 1.96. The SMILES string of the molecule is CCc1nn(C)c2c1nc(N)n2C1CCC(SC)C1. The predicted molar refractivity (Wildman–Crippen MR) is 80.5 cm³/mol. The van der Waals surface area contributed by atoms with E-state index in [1.165, 1.54) is 19.3 Å². The summed E-state index contributed by atoms with van der Waals surface area (Å²) < 4.78 is 4.14. The van der Waals surface area contributed by atoms with Crippen LogP contribution in [0.25, 0.3) is 11.2 Å². The maximum Gasteiger partial charge on any atom is 0.202 e. The number of fused-ring (bicyclic) bond motifs is 1. The van der Waals surface area contributed by atoms with E-state index in [2.05, 4.69) is 27.8 Å². The van der Waals surface area contributed by atoms with Gasteiger partial charge in [0, 0.05) is 18.3 Å². The van der Waals surface area contributed by atoms with Crippen LogP contribution < -0.4 is 5.73 Å². The third-order valence-corrected chi connectivity index (χ3v) is 5.25. The highest BCUT2D eigenvalue weighted by Gasteiger charge is 2.29. The number of hydrogen-bond donors (Lipinski definition) is 1. The lowest BCUT2D eigenvalue weighted by Crippen LogP contribution is -2.12. The Balaban J connectivity index is 2.08. The number of nitrogen functional groups attached to an aromatic ring is 1. The fourth-order valence-corrected chi connectivity index (χ4v) is 3.97. The molecule has 1 aliphatic rings. The summed E-state index contributed by atoms with van der Waals surface area (Å²) in [5.74, 6) is 0.643. The number of anilines is 1. The molecule has 0 spiro atoms. The smallest absolute Gasteiger partial charge is 0.202 e. The minimum atomic E-state index is 0.475. The zero-order chi connectivity index (χ0) is 13.6. The first-order valence-corrected chi connectivity index (χ1v) is 8.16. The van der Waals surface area contributed by atoms with E-state index in [1.54, 1.807) is 0 Å². The minimum Gasteiger partial charge on any atom is -0.369 e. The largest absolute Gasteiger partial charge is 0.369 e. The average Bonchev–Trinajstić information content (AvgIpc) is 3.05. The van der Waals surface area contributed by atoms with E-state index in [9.17, 15) is 0 Å². The van der Waals surface area contributed by atoms with E-state index in [1.807, 2.05) is 23.5 Å². The normalized spacial score (nSPS) is 23.5. The van der Waals surface area contributed by atoms with Crippen molar-refractivity contribution in [3.8, 4) is 0 Å². The molecule has 2 heterocycles. The van der Waals surface area contributed by atoms with Crippen molar-refractivity contribution in [2.75, 3.05) is 12.0 Å². The van der Waals surface area contributed by atoms with Gasteiger partial charge in [0.1, 0.15) is 5.52 Å². The van der Waals surface area contributed by atoms with E-state index in [-0.39, 0.29) is 0 Å². The van der Waals surface area contributed by atoms with Crippen LogP contribution in [0.3, 0.4) is 0 Å². The number of nitrogens with zero attached hydrogens (tertiary/aromatic N) is 4. The van der Waals surface area contributed by atoms with Crippen LogP contribution in [0, 0.1) is 0 Å². The van der Waals surface area contributed by atoms with Gasteiger partial charge in [0.25, 0.3) is 0 Å². The fraction of sp³-hybridized carbons (Fsp3) is 0.692. The summed E-state index contributed by atoms with van der Waals surface area (Å²) in [5.41, 5.74) is 9.27. The molecule has 0 saturated heterocycles. The zero-order valence-electron chi connectivity index (χ0n) is 11.8. The highest BCUT2D eigenvalue weighted by atomic mass is 32.2. The molecule has 2 N–H and O–H groups in total. The Bertz CT molecular complexity index is 600. The second-order valence-corrected chi connectivity index (χ2v) is 6.40. The molecular weight excluding hydrogens is 258 g/mol. The van der Waals surface area contributed by atoms with Gasteiger partial charge in [-0.3, -0.25) is 9.25 Å². The van der Waals surface area contributed by atoms with Gasteiger partial charge in [-0.2, -0.15) is 16.9 Å². The molecular formula is C13H21N5S. The molecule has 2 atom stereocenters. The fourth-order valence-electron chi connectivity index (χ4n) is 3.18. The molecule has 1 saturated carbocycles. The predicted octanol–water partition coefficient (Wildman–Crippen LogP) is 2.37. The average molecular weight is 279 g/mol. The van der Waals surface area contributed by atoms with Gasteiger partial charge in [0.2, 0.25) is 5.95 Å². The Hall–Kier alpha value is -1.17. The molecule has 0 radical (unpaired) electrons. The summed E-state index contributed by atoms with van der Waals surface area (Å²) in [4.78, 5) is 4.55. The molecule has 6 heteroatoms. The van der Waals surface area contributed by atoms with Gasteiger partial charge in [0.05, 0.1) is 5.69 Å². The summed E-state index contributed by atoms with van der Waals surface area (Å²) in [6.07, 6.45) is 6.73. The number of aromatic nitrogens is 4. The standard InChI is InChI=1S/C13H21N5S/c1-4-10-11-12(17(2)16-10)18(13(14)15-11)8-5-6-9(7-8)19-3/h8-9H,4-7H2,1-3H3,(H2,14,15). The van der Waals surface area contributed by atoms with Crippen LogP contribution in [0.15, 0.2) is 0 Å². The molecule has 104 valence electrons. The van der Waals surface area contributed by atoms with Gasteiger partial charge in [-0.15, -0.1) is 0 Å². The van der Waals surface area contributed by atoms with Crippen molar-refractivity contribution < 1.29 is 0 Å². The summed E-state index contributed by atoms with van der Waals surface area (Å²) in [5, 5.41) is 5.30. The molecule has 0 aromatic carbocycles. The van der Waals surface area contributed by atoms with E-state index >= 15 is 0 Å². The highest BCUT2D eigenvalue weighted by Crippen LogP contribution is 2.39. The topological polar surface area (TPSA) is 61.7 Å². The lowest BCUT2D eigenvalue weighted by Gasteiger charge is -2.15. The molecule has 5 nitrogen and oxygen atoms in total. The third-order valence-electron chi connectivity index (χ3n) is 4.15. The molecule has 1 aliphatic carbocycles. The number of thioether (sulfide) groups is 1. The van der Waals surface area contributed by atoms with Crippen LogP contribution in [-0.4, -0.2) is 30.8 Å². The number of hydrogen-bond acceptors (Lipinski definition) is 4. The van der Waals surface area contributed by atoms with E-state index < -0.39 is 0 Å². The molecule has 2 aromatic rings. The van der Waals surface area contributed by atoms with Gasteiger partial charge < -0.3 is 5.73 Å². The molecule has 2 unspecified atom stereocenters. The van der Waals surface area contributed by atoms with Crippen molar-refractivity contribution in [1.82, 2.24) is 19.3 Å². The van der Waals surface area contributed by atoms with Crippen molar-refractivity contribution in [2.24, 2.45) is 7.05 Å². The lowest BCUT2D eigenvalue weighted by atomic mass is 10.2. The lowest BCUT2D eigenvalue weighted by molar-refractivity contribution is 0.528. The van der Waals surface area contributed by atoms with Gasteiger partial charge in [0.15, 0.2) is 5.65 Å². The molecule has 0 aliphatic heterocycles. The first-order valence-electron chi connectivity index (χ1n) is 6.87. The Kier molecular flexibility index (Phi) is 3.20. The molecule has 0 bridgehead atoms. The molecule has 19 heavy (non-hydrogen) atoms. The first-order chi connectivity index (χ1) is 9.15. The Morgan fingerprint density at radius 1 is 1.42 bits per heavy atom. The van der Waals surface area contributed by atoms with Crippen molar-refractivity contribution >= 4 is 28.9 Å². The molecule has 1 fully saturated rings. The van der Waals surface area contributed by atoms with Crippen LogP contribution >= 0.6 is 11.8 Å². The Morgan fingerprint density at radius 2 is 2.21 bits per heavy atom.